The van der Waals surface area contributed by atoms with E-state index < -0.39 is 19.5 Å². The van der Waals surface area contributed by atoms with E-state index in [1.54, 1.807) is 0 Å². The van der Waals surface area contributed by atoms with E-state index in [0.717, 1.165) is 25.7 Å². The van der Waals surface area contributed by atoms with E-state index in [0.29, 0.717) is 38.9 Å². The van der Waals surface area contributed by atoms with Gasteiger partial charge in [0.15, 0.2) is 0 Å². The van der Waals surface area contributed by atoms with Crippen LogP contribution in [0.4, 0.5) is 0 Å². The smallest absolute Gasteiger partial charge is 0.319 e. The number of carbonyl (C=O) groups is 2. The molecule has 0 aromatic heterocycles. The van der Waals surface area contributed by atoms with E-state index in [9.17, 15) is 14.2 Å². The van der Waals surface area contributed by atoms with Crippen molar-refractivity contribution >= 4 is 20.2 Å². The third-order valence-corrected chi connectivity index (χ3v) is 6.17. The van der Waals surface area contributed by atoms with Crippen LogP contribution in [0, 0.1) is 0 Å². The van der Waals surface area contributed by atoms with Crippen molar-refractivity contribution in [3.63, 3.8) is 0 Å². The summed E-state index contributed by atoms with van der Waals surface area (Å²) < 4.78 is 33.4. The zero-order valence-corrected chi connectivity index (χ0v) is 19.4. The van der Waals surface area contributed by atoms with Gasteiger partial charge in [-0.3, -0.25) is 14.2 Å². The van der Waals surface area contributed by atoms with E-state index in [-0.39, 0.29) is 11.9 Å². The zero-order chi connectivity index (χ0) is 21.6. The van der Waals surface area contributed by atoms with Crippen molar-refractivity contribution in [2.45, 2.75) is 104 Å². The summed E-state index contributed by atoms with van der Waals surface area (Å²) in [7, 11) is -2.56. The second-order valence-corrected chi connectivity index (χ2v) is 8.20. The molecule has 0 aliphatic heterocycles. The molecule has 166 valence electrons. The average molecular weight is 422 g/mol. The normalized spacial score (nSPS) is 12.2. The van der Waals surface area contributed by atoms with Crippen molar-refractivity contribution in [3.8, 4) is 0 Å². The highest BCUT2D eigenvalue weighted by atomic mass is 31.1. The van der Waals surface area contributed by atoms with Gasteiger partial charge in [-0.2, -0.15) is 0 Å². The predicted octanol–water partition coefficient (Wildman–Crippen LogP) is 5.21. The lowest BCUT2D eigenvalue weighted by Gasteiger charge is -2.31. The lowest BCUT2D eigenvalue weighted by Crippen LogP contribution is -2.33. The molecule has 0 rings (SSSR count). The molecular weight excluding hydrogens is 383 g/mol. The maximum absolute atomic E-state index is 11.9. The van der Waals surface area contributed by atoms with Crippen LogP contribution in [0.1, 0.15) is 92.9 Å². The molecular formula is C20H39O7P. The summed E-state index contributed by atoms with van der Waals surface area (Å²) >= 11 is 0. The van der Waals surface area contributed by atoms with Crippen LogP contribution in [0.25, 0.3) is 0 Å². The summed E-state index contributed by atoms with van der Waals surface area (Å²) in [5, 5.41) is 0. The number of ether oxygens (including phenoxy) is 2. The van der Waals surface area contributed by atoms with Gasteiger partial charge in [0, 0.05) is 13.8 Å². The minimum Gasteiger partial charge on any atom is -0.459 e. The van der Waals surface area contributed by atoms with Gasteiger partial charge in [-0.15, -0.1) is 0 Å². The first-order valence-corrected chi connectivity index (χ1v) is 11.6. The minimum atomic E-state index is -2.56. The largest absolute Gasteiger partial charge is 0.459 e. The van der Waals surface area contributed by atoms with Crippen LogP contribution >= 0.6 is 8.25 Å². The van der Waals surface area contributed by atoms with Gasteiger partial charge >= 0.3 is 20.2 Å². The zero-order valence-electron chi connectivity index (χ0n) is 18.4. The van der Waals surface area contributed by atoms with Crippen molar-refractivity contribution in [2.75, 3.05) is 13.2 Å². The van der Waals surface area contributed by atoms with Crippen LogP contribution in [0.3, 0.4) is 0 Å². The van der Waals surface area contributed by atoms with E-state index in [1.807, 2.05) is 27.7 Å². The topological polar surface area (TPSA) is 88.1 Å². The molecule has 0 atom stereocenters. The first-order valence-electron chi connectivity index (χ1n) is 10.4. The Kier molecular flexibility index (Phi) is 13.7. The predicted molar refractivity (Wildman–Crippen MR) is 110 cm³/mol. The summed E-state index contributed by atoms with van der Waals surface area (Å²) in [6, 6.07) is 0. The van der Waals surface area contributed by atoms with Gasteiger partial charge in [0.05, 0.1) is 13.2 Å². The molecule has 0 heterocycles. The van der Waals surface area contributed by atoms with Crippen LogP contribution in [-0.4, -0.2) is 36.4 Å². The van der Waals surface area contributed by atoms with E-state index in [4.69, 9.17) is 18.5 Å². The lowest BCUT2D eigenvalue weighted by atomic mass is 9.91. The highest BCUT2D eigenvalue weighted by Crippen LogP contribution is 2.31. The highest BCUT2D eigenvalue weighted by molar-refractivity contribution is 7.33. The highest BCUT2D eigenvalue weighted by Gasteiger charge is 2.30. The van der Waals surface area contributed by atoms with Gasteiger partial charge < -0.3 is 18.5 Å². The van der Waals surface area contributed by atoms with Crippen LogP contribution < -0.4 is 0 Å². The van der Waals surface area contributed by atoms with Crippen molar-refractivity contribution in [2.24, 2.45) is 0 Å². The number of rotatable bonds is 16. The molecule has 0 saturated heterocycles. The minimum absolute atomic E-state index is 0.287. The Morgan fingerprint density at radius 2 is 1.04 bits per heavy atom. The summed E-state index contributed by atoms with van der Waals surface area (Å²) in [5.74, 6) is -0.573. The molecule has 0 saturated carbocycles. The molecule has 7 nitrogen and oxygen atoms in total. The second-order valence-electron chi connectivity index (χ2n) is 7.12. The summed E-state index contributed by atoms with van der Waals surface area (Å²) in [4.78, 5) is 22.6. The molecule has 0 amide bonds. The number of hydrogen-bond donors (Lipinski definition) is 0. The quantitative estimate of drug-likeness (QED) is 0.192. The Hall–Kier alpha value is -0.910. The lowest BCUT2D eigenvalue weighted by molar-refractivity contribution is -0.160. The third kappa shape index (κ3) is 10.6. The Bertz CT molecular complexity index is 443. The fourth-order valence-electron chi connectivity index (χ4n) is 3.35. The van der Waals surface area contributed by atoms with Crippen LogP contribution in [0.2, 0.25) is 0 Å². The molecule has 0 aliphatic carbocycles. The second kappa shape index (κ2) is 14.1. The molecule has 0 aliphatic rings. The monoisotopic (exact) mass is 422 g/mol. The van der Waals surface area contributed by atoms with Crippen molar-refractivity contribution in [1.29, 1.82) is 0 Å². The fraction of sp³-hybridized carbons (Fsp3) is 0.900. The number of hydrogen-bond acceptors (Lipinski definition) is 7. The Morgan fingerprint density at radius 3 is 1.29 bits per heavy atom. The maximum atomic E-state index is 11.9. The maximum Gasteiger partial charge on any atom is 0.319 e. The molecule has 28 heavy (non-hydrogen) atoms. The van der Waals surface area contributed by atoms with Crippen molar-refractivity contribution in [1.82, 2.24) is 0 Å². The SMILES string of the molecule is CCC(CC)(CCCO[PH](=O)OCCCC(CC)(CC)OC(C)=O)OC(C)=O. The Labute approximate surface area is 170 Å². The molecule has 0 aromatic rings. The van der Waals surface area contributed by atoms with Gasteiger partial charge in [0.2, 0.25) is 0 Å². The number of esters is 2. The standard InChI is InChI=1S/C20H39O7P/c1-7-19(8-2,26-17(5)21)13-11-15-24-28(23)25-16-12-14-20(9-3,10-4)27-18(6)22/h28H,7-16H2,1-6H3. The van der Waals surface area contributed by atoms with Crippen LogP contribution in [0.15, 0.2) is 0 Å². The van der Waals surface area contributed by atoms with Gasteiger partial charge in [-0.1, -0.05) is 27.7 Å². The summed E-state index contributed by atoms with van der Waals surface area (Å²) in [5.41, 5.74) is -0.960. The Morgan fingerprint density at radius 1 is 0.714 bits per heavy atom. The van der Waals surface area contributed by atoms with Crippen LogP contribution in [0.5, 0.6) is 0 Å². The fourth-order valence-corrected chi connectivity index (χ4v) is 4.05. The van der Waals surface area contributed by atoms with E-state index >= 15 is 0 Å². The summed E-state index contributed by atoms with van der Waals surface area (Å²) in [6.07, 6.45) is 5.51. The number of carbonyl (C=O) groups excluding carboxylic acids is 2. The molecule has 0 unspecified atom stereocenters. The first-order chi connectivity index (χ1) is 13.2. The van der Waals surface area contributed by atoms with Gasteiger partial charge in [-0.05, 0) is 51.4 Å². The van der Waals surface area contributed by atoms with Crippen molar-refractivity contribution in [3.05, 3.63) is 0 Å². The third-order valence-electron chi connectivity index (χ3n) is 5.29. The molecule has 0 spiro atoms. The molecule has 0 bridgehead atoms. The first kappa shape index (κ1) is 27.1. The van der Waals surface area contributed by atoms with Gasteiger partial charge in [-0.25, -0.2) is 0 Å². The van der Waals surface area contributed by atoms with Gasteiger partial charge in [0.1, 0.15) is 11.2 Å². The molecule has 0 fully saturated rings. The van der Waals surface area contributed by atoms with Gasteiger partial charge in [0.25, 0.3) is 0 Å². The Balaban J connectivity index is 4.17. The average Bonchev–Trinajstić information content (AvgIpc) is 2.66. The molecule has 0 aromatic carbocycles. The van der Waals surface area contributed by atoms with Crippen LogP contribution in [-0.2, 0) is 32.7 Å². The molecule has 0 radical (unpaired) electrons. The summed E-state index contributed by atoms with van der Waals surface area (Å²) in [6.45, 7) is 11.4. The molecule has 8 heteroatoms. The molecule has 0 N–H and O–H groups in total. The van der Waals surface area contributed by atoms with E-state index in [2.05, 4.69) is 0 Å². The van der Waals surface area contributed by atoms with Crippen molar-refractivity contribution < 1.29 is 32.7 Å². The van der Waals surface area contributed by atoms with E-state index in [1.165, 1.54) is 13.8 Å².